The Balaban J connectivity index is 1.58. The predicted octanol–water partition coefficient (Wildman–Crippen LogP) is 4.41. The van der Waals surface area contributed by atoms with Crippen molar-refractivity contribution >= 4 is 46.5 Å². The highest BCUT2D eigenvalue weighted by atomic mass is 32.1. The first kappa shape index (κ1) is 27.6. The van der Waals surface area contributed by atoms with E-state index in [9.17, 15) is 14.4 Å². The largest absolute Gasteiger partial charge is 0.497 e. The van der Waals surface area contributed by atoms with Crippen molar-refractivity contribution in [1.82, 2.24) is 4.90 Å². The molecule has 1 aliphatic heterocycles. The maximum Gasteiger partial charge on any atom is 0.338 e. The number of nitrogens with zero attached hydrogens (tertiary/aromatic N) is 2. The average Bonchev–Trinajstić information content (AvgIpc) is 3.17. The highest BCUT2D eigenvalue weighted by Crippen LogP contribution is 2.30. The van der Waals surface area contributed by atoms with Gasteiger partial charge in [-0.15, -0.1) is 0 Å². The molecule has 1 atom stereocenters. The third-order valence-electron chi connectivity index (χ3n) is 6.22. The number of hydrogen-bond acceptors (Lipinski definition) is 7. The van der Waals surface area contributed by atoms with Gasteiger partial charge in [-0.3, -0.25) is 14.5 Å². The Morgan fingerprint density at radius 3 is 2.05 bits per heavy atom. The summed E-state index contributed by atoms with van der Waals surface area (Å²) in [6.45, 7) is 2.30. The zero-order chi connectivity index (χ0) is 27.9. The fourth-order valence-corrected chi connectivity index (χ4v) is 4.59. The van der Waals surface area contributed by atoms with Gasteiger partial charge in [0.25, 0.3) is 5.91 Å². The summed E-state index contributed by atoms with van der Waals surface area (Å²) in [5, 5.41) is 3.10. The van der Waals surface area contributed by atoms with Crippen molar-refractivity contribution in [3.05, 3.63) is 83.9 Å². The Kier molecular flexibility index (Phi) is 8.77. The van der Waals surface area contributed by atoms with Crippen LogP contribution < -0.4 is 19.7 Å². The van der Waals surface area contributed by atoms with Crippen LogP contribution in [0.5, 0.6) is 11.5 Å². The molecule has 1 saturated heterocycles. The van der Waals surface area contributed by atoms with Crippen LogP contribution in [0.2, 0.25) is 0 Å². The number of nitrogens with one attached hydrogen (secondary N) is 1. The minimum atomic E-state index is -0.831. The van der Waals surface area contributed by atoms with Crippen LogP contribution in [0.1, 0.15) is 29.3 Å². The first-order valence-corrected chi connectivity index (χ1v) is 12.7. The first-order chi connectivity index (χ1) is 18.8. The number of rotatable bonds is 10. The number of carbonyl (C=O) groups is 3. The van der Waals surface area contributed by atoms with E-state index in [0.29, 0.717) is 35.0 Å². The molecule has 1 aliphatic rings. The zero-order valence-corrected chi connectivity index (χ0v) is 22.7. The molecule has 4 rings (SSSR count). The van der Waals surface area contributed by atoms with Crippen molar-refractivity contribution < 1.29 is 28.6 Å². The first-order valence-electron chi connectivity index (χ1n) is 12.3. The Morgan fingerprint density at radius 1 is 0.897 bits per heavy atom. The second-order valence-corrected chi connectivity index (χ2v) is 9.06. The van der Waals surface area contributed by atoms with Crippen LogP contribution in [-0.4, -0.2) is 54.7 Å². The fraction of sp³-hybridized carbons (Fsp3) is 0.241. The third-order valence-corrected chi connectivity index (χ3v) is 6.64. The summed E-state index contributed by atoms with van der Waals surface area (Å²) in [6.07, 6.45) is -0.113. The molecule has 1 N–H and O–H groups in total. The van der Waals surface area contributed by atoms with Crippen LogP contribution >= 0.6 is 12.2 Å². The van der Waals surface area contributed by atoms with E-state index in [-0.39, 0.29) is 30.0 Å². The highest BCUT2D eigenvalue weighted by molar-refractivity contribution is 7.80. The van der Waals surface area contributed by atoms with Crippen LogP contribution in [0.25, 0.3) is 0 Å². The molecule has 0 saturated carbocycles. The van der Waals surface area contributed by atoms with E-state index in [1.54, 1.807) is 74.6 Å². The summed E-state index contributed by atoms with van der Waals surface area (Å²) in [7, 11) is 3.15. The predicted molar refractivity (Wildman–Crippen MR) is 151 cm³/mol. The van der Waals surface area contributed by atoms with Gasteiger partial charge in [0.1, 0.15) is 17.5 Å². The normalized spacial score (nSPS) is 14.8. The lowest BCUT2D eigenvalue weighted by Gasteiger charge is -2.24. The number of thiocarbonyl (C=S) groups is 1. The van der Waals surface area contributed by atoms with Gasteiger partial charge in [-0.25, -0.2) is 4.79 Å². The quantitative estimate of drug-likeness (QED) is 0.295. The molecule has 3 aromatic rings. The van der Waals surface area contributed by atoms with Gasteiger partial charge in [-0.2, -0.15) is 0 Å². The second-order valence-electron chi connectivity index (χ2n) is 8.70. The summed E-state index contributed by atoms with van der Waals surface area (Å²) < 4.78 is 15.4. The van der Waals surface area contributed by atoms with Crippen LogP contribution in [-0.2, 0) is 20.9 Å². The van der Waals surface area contributed by atoms with E-state index in [1.165, 1.54) is 4.90 Å². The molecule has 9 nitrogen and oxygen atoms in total. The Hall–Kier alpha value is -4.44. The summed E-state index contributed by atoms with van der Waals surface area (Å²) in [4.78, 5) is 41.9. The molecule has 0 aliphatic carbocycles. The van der Waals surface area contributed by atoms with Crippen molar-refractivity contribution in [2.45, 2.75) is 25.9 Å². The van der Waals surface area contributed by atoms with Crippen molar-refractivity contribution in [3.8, 4) is 11.5 Å². The van der Waals surface area contributed by atoms with Gasteiger partial charge in [0.05, 0.1) is 38.5 Å². The summed E-state index contributed by atoms with van der Waals surface area (Å²) in [5.41, 5.74) is 2.34. The maximum atomic E-state index is 13.7. The molecule has 39 heavy (non-hydrogen) atoms. The third kappa shape index (κ3) is 6.35. The number of carbonyl (C=O) groups excluding carboxylic acids is 3. The van der Waals surface area contributed by atoms with Crippen LogP contribution in [0.15, 0.2) is 72.8 Å². The number of ether oxygens (including phenoxy) is 3. The topological polar surface area (TPSA) is 97.4 Å². The number of methoxy groups -OCH3 is 2. The molecule has 0 bridgehead atoms. The van der Waals surface area contributed by atoms with Crippen molar-refractivity contribution in [2.75, 3.05) is 31.0 Å². The van der Waals surface area contributed by atoms with E-state index in [1.807, 2.05) is 24.3 Å². The highest BCUT2D eigenvalue weighted by Gasteiger charge is 2.44. The van der Waals surface area contributed by atoms with Gasteiger partial charge in [0.15, 0.2) is 5.11 Å². The van der Waals surface area contributed by atoms with E-state index >= 15 is 0 Å². The minimum Gasteiger partial charge on any atom is -0.497 e. The Morgan fingerprint density at radius 2 is 1.49 bits per heavy atom. The molecule has 0 spiro atoms. The zero-order valence-electron chi connectivity index (χ0n) is 21.9. The van der Waals surface area contributed by atoms with E-state index in [2.05, 4.69) is 5.32 Å². The molecule has 1 fully saturated rings. The standard InChI is InChI=1S/C29H29N3O6S/c1-4-38-28(35)20-7-11-22(12-8-20)32-27(34)25(17-26(33)30-21-9-15-24(37-3)16-10-21)31(29(32)39)18-19-5-13-23(36-2)14-6-19/h5-16,25H,4,17-18H2,1-3H3,(H,30,33)/t25-/m1/s1. The van der Waals surface area contributed by atoms with Crippen molar-refractivity contribution in [1.29, 1.82) is 0 Å². The maximum absolute atomic E-state index is 13.7. The summed E-state index contributed by atoms with van der Waals surface area (Å²) >= 11 is 5.75. The number of benzene rings is 3. The van der Waals surface area contributed by atoms with E-state index in [4.69, 9.17) is 26.4 Å². The minimum absolute atomic E-state index is 0.113. The monoisotopic (exact) mass is 547 g/mol. The lowest BCUT2D eigenvalue weighted by molar-refractivity contribution is -0.124. The van der Waals surface area contributed by atoms with Gasteiger partial charge >= 0.3 is 5.97 Å². The van der Waals surface area contributed by atoms with Gasteiger partial charge < -0.3 is 24.4 Å². The molecule has 202 valence electrons. The van der Waals surface area contributed by atoms with Gasteiger partial charge in [-0.1, -0.05) is 12.1 Å². The van der Waals surface area contributed by atoms with Crippen molar-refractivity contribution in [3.63, 3.8) is 0 Å². The second kappa shape index (κ2) is 12.4. The lowest BCUT2D eigenvalue weighted by atomic mass is 10.1. The summed E-state index contributed by atoms with van der Waals surface area (Å²) in [5.74, 6) is 0.258. The number of anilines is 2. The Bertz CT molecular complexity index is 1340. The SMILES string of the molecule is CCOC(=O)c1ccc(N2C(=O)[C@@H](CC(=O)Nc3ccc(OC)cc3)N(Cc3ccc(OC)cc3)C2=S)cc1. The van der Waals surface area contributed by atoms with E-state index < -0.39 is 12.0 Å². The molecule has 2 amide bonds. The van der Waals surface area contributed by atoms with Gasteiger partial charge in [0.2, 0.25) is 5.91 Å². The van der Waals surface area contributed by atoms with Gasteiger partial charge in [0, 0.05) is 12.2 Å². The molecule has 0 aromatic heterocycles. The molecule has 1 heterocycles. The average molecular weight is 548 g/mol. The lowest BCUT2D eigenvalue weighted by Crippen LogP contribution is -2.37. The number of amides is 2. The molecule has 10 heteroatoms. The molecule has 0 unspecified atom stereocenters. The molecular formula is C29H29N3O6S. The van der Waals surface area contributed by atoms with Crippen molar-refractivity contribution in [2.24, 2.45) is 0 Å². The van der Waals surface area contributed by atoms with Crippen LogP contribution in [0.3, 0.4) is 0 Å². The van der Waals surface area contributed by atoms with Gasteiger partial charge in [-0.05, 0) is 85.4 Å². The van der Waals surface area contributed by atoms with Crippen LogP contribution in [0, 0.1) is 0 Å². The van der Waals surface area contributed by atoms with E-state index in [0.717, 1.165) is 5.56 Å². The number of hydrogen-bond donors (Lipinski definition) is 1. The summed E-state index contributed by atoms with van der Waals surface area (Å²) in [6, 6.07) is 20.0. The smallest absolute Gasteiger partial charge is 0.338 e. The fourth-order valence-electron chi connectivity index (χ4n) is 4.20. The van der Waals surface area contributed by atoms with Crippen LogP contribution in [0.4, 0.5) is 11.4 Å². The molecule has 0 radical (unpaired) electrons. The Labute approximate surface area is 232 Å². The molecular weight excluding hydrogens is 518 g/mol. The number of esters is 1. The molecule has 3 aromatic carbocycles.